The van der Waals surface area contributed by atoms with Crippen molar-refractivity contribution in [3.8, 4) is 11.6 Å². The van der Waals surface area contributed by atoms with Crippen molar-refractivity contribution in [2.45, 2.75) is 13.3 Å². The predicted octanol–water partition coefficient (Wildman–Crippen LogP) is 1.59. The molecule has 7 heteroatoms. The third-order valence-corrected chi connectivity index (χ3v) is 2.86. The first-order valence-electron chi connectivity index (χ1n) is 6.02. The van der Waals surface area contributed by atoms with Crippen molar-refractivity contribution < 1.29 is 13.9 Å². The Kier molecular flexibility index (Phi) is 3.60. The maximum Gasteiger partial charge on any atom is 0.251 e. The third kappa shape index (κ3) is 2.42. The van der Waals surface area contributed by atoms with Gasteiger partial charge in [0, 0.05) is 13.1 Å². The summed E-state index contributed by atoms with van der Waals surface area (Å²) in [5.74, 6) is -1.04. The lowest BCUT2D eigenvalue weighted by Crippen LogP contribution is -2.12. The number of anilines is 1. The van der Waals surface area contributed by atoms with Crippen LogP contribution in [0, 0.1) is 5.82 Å². The van der Waals surface area contributed by atoms with Crippen molar-refractivity contribution in [1.82, 2.24) is 9.78 Å². The number of amides is 1. The lowest BCUT2D eigenvalue weighted by molar-refractivity contribution is 0.0996. The van der Waals surface area contributed by atoms with E-state index in [2.05, 4.69) is 5.10 Å². The van der Waals surface area contributed by atoms with Crippen molar-refractivity contribution in [2.75, 3.05) is 5.73 Å². The predicted molar refractivity (Wildman–Crippen MR) is 72.0 cm³/mol. The minimum Gasteiger partial charge on any atom is -0.437 e. The number of aryl methyl sites for hydroxylation is 2. The minimum atomic E-state index is -0.831. The average molecular weight is 278 g/mol. The fraction of sp³-hybridized carbons (Fsp3) is 0.231. The summed E-state index contributed by atoms with van der Waals surface area (Å²) in [7, 11) is 1.68. The Bertz CT molecular complexity index is 667. The molecule has 0 aliphatic carbocycles. The van der Waals surface area contributed by atoms with Crippen LogP contribution in [0.2, 0.25) is 0 Å². The highest BCUT2D eigenvalue weighted by molar-refractivity contribution is 5.93. The van der Waals surface area contributed by atoms with Crippen LogP contribution in [-0.2, 0) is 13.5 Å². The van der Waals surface area contributed by atoms with Crippen LogP contribution >= 0.6 is 0 Å². The van der Waals surface area contributed by atoms with Gasteiger partial charge in [-0.05, 0) is 18.6 Å². The number of hydrogen-bond acceptors (Lipinski definition) is 4. The van der Waals surface area contributed by atoms with E-state index in [0.717, 1.165) is 6.07 Å². The lowest BCUT2D eigenvalue weighted by Gasteiger charge is -2.07. The fourth-order valence-electron chi connectivity index (χ4n) is 1.83. The second-order valence-electron chi connectivity index (χ2n) is 4.25. The maximum absolute atomic E-state index is 13.6. The van der Waals surface area contributed by atoms with E-state index in [0.29, 0.717) is 23.7 Å². The molecule has 0 fully saturated rings. The number of halogens is 1. The third-order valence-electron chi connectivity index (χ3n) is 2.86. The summed E-state index contributed by atoms with van der Waals surface area (Å²) in [4.78, 5) is 10.9. The van der Waals surface area contributed by atoms with Crippen LogP contribution in [0.5, 0.6) is 11.6 Å². The Hall–Kier alpha value is -2.57. The molecule has 0 spiro atoms. The Morgan fingerprint density at radius 2 is 2.20 bits per heavy atom. The number of nitrogens with two attached hydrogens (primary N) is 2. The van der Waals surface area contributed by atoms with E-state index in [4.69, 9.17) is 16.2 Å². The summed E-state index contributed by atoms with van der Waals surface area (Å²) in [5, 5.41) is 4.19. The number of carbonyl (C=O) groups excluding carboxylic acids is 1. The van der Waals surface area contributed by atoms with E-state index < -0.39 is 11.7 Å². The van der Waals surface area contributed by atoms with Crippen LogP contribution in [0.25, 0.3) is 0 Å². The van der Waals surface area contributed by atoms with Crippen molar-refractivity contribution in [2.24, 2.45) is 12.8 Å². The van der Waals surface area contributed by atoms with Crippen molar-refractivity contribution >= 4 is 11.6 Å². The molecule has 0 bridgehead atoms. The number of aromatic nitrogens is 2. The summed E-state index contributed by atoms with van der Waals surface area (Å²) in [6.07, 6.45) is 0.665. The van der Waals surface area contributed by atoms with Crippen LogP contribution in [0.3, 0.4) is 0 Å². The molecule has 0 aliphatic heterocycles. The molecule has 20 heavy (non-hydrogen) atoms. The van der Waals surface area contributed by atoms with Crippen molar-refractivity contribution in [3.05, 3.63) is 35.3 Å². The second-order valence-corrected chi connectivity index (χ2v) is 4.25. The molecule has 2 aromatic rings. The highest BCUT2D eigenvalue weighted by Gasteiger charge is 2.15. The number of primary amides is 1. The van der Waals surface area contributed by atoms with E-state index in [1.54, 1.807) is 7.05 Å². The van der Waals surface area contributed by atoms with E-state index in [-0.39, 0.29) is 11.3 Å². The Morgan fingerprint density at radius 3 is 2.70 bits per heavy atom. The van der Waals surface area contributed by atoms with Crippen molar-refractivity contribution in [1.29, 1.82) is 0 Å². The van der Waals surface area contributed by atoms with Gasteiger partial charge in [-0.25, -0.2) is 9.07 Å². The average Bonchev–Trinajstić information content (AvgIpc) is 2.66. The molecule has 0 saturated carbocycles. The zero-order valence-electron chi connectivity index (χ0n) is 11.2. The molecule has 106 valence electrons. The Labute approximate surface area is 115 Å². The van der Waals surface area contributed by atoms with Gasteiger partial charge in [-0.3, -0.25) is 4.79 Å². The molecular formula is C13H15FN4O2. The van der Waals surface area contributed by atoms with Gasteiger partial charge >= 0.3 is 0 Å². The number of ether oxygens (including phenoxy) is 1. The monoisotopic (exact) mass is 278 g/mol. The summed E-state index contributed by atoms with van der Waals surface area (Å²) in [6.45, 7) is 1.92. The first-order valence-corrected chi connectivity index (χ1v) is 6.02. The summed E-state index contributed by atoms with van der Waals surface area (Å²) < 4.78 is 20.6. The number of benzene rings is 1. The fourth-order valence-corrected chi connectivity index (χ4v) is 1.83. The van der Waals surface area contributed by atoms with Crippen LogP contribution in [0.1, 0.15) is 23.0 Å². The van der Waals surface area contributed by atoms with Crippen LogP contribution < -0.4 is 16.2 Å². The van der Waals surface area contributed by atoms with Crippen LogP contribution in [0.4, 0.5) is 10.1 Å². The van der Waals surface area contributed by atoms with Crippen LogP contribution in [-0.4, -0.2) is 15.7 Å². The zero-order chi connectivity index (χ0) is 14.9. The minimum absolute atomic E-state index is 0.190. The first kappa shape index (κ1) is 13.9. The second kappa shape index (κ2) is 5.20. The number of rotatable bonds is 4. The molecule has 0 atom stereocenters. The highest BCUT2D eigenvalue weighted by Crippen LogP contribution is 2.30. The quantitative estimate of drug-likeness (QED) is 0.887. The molecule has 2 rings (SSSR count). The van der Waals surface area contributed by atoms with Gasteiger partial charge in [0.15, 0.2) is 0 Å². The van der Waals surface area contributed by atoms with Crippen LogP contribution in [0.15, 0.2) is 18.2 Å². The highest BCUT2D eigenvalue weighted by atomic mass is 19.1. The number of hydrogen-bond donors (Lipinski definition) is 2. The lowest BCUT2D eigenvalue weighted by atomic mass is 10.2. The zero-order valence-corrected chi connectivity index (χ0v) is 11.2. The number of nitrogen functional groups attached to an aromatic ring is 1. The summed E-state index contributed by atoms with van der Waals surface area (Å²) in [5.41, 5.74) is 11.9. The Morgan fingerprint density at radius 1 is 1.50 bits per heavy atom. The molecule has 0 saturated heterocycles. The smallest absolute Gasteiger partial charge is 0.251 e. The van der Waals surface area contributed by atoms with Crippen molar-refractivity contribution in [3.63, 3.8) is 0 Å². The molecular weight excluding hydrogens is 263 g/mol. The van der Waals surface area contributed by atoms with E-state index in [9.17, 15) is 9.18 Å². The summed E-state index contributed by atoms with van der Waals surface area (Å²) >= 11 is 0. The van der Waals surface area contributed by atoms with Gasteiger partial charge in [0.25, 0.3) is 5.91 Å². The van der Waals surface area contributed by atoms with E-state index in [1.807, 2.05) is 6.92 Å². The molecule has 0 aliphatic rings. The van der Waals surface area contributed by atoms with E-state index >= 15 is 0 Å². The molecule has 0 radical (unpaired) electrons. The molecule has 1 heterocycles. The number of carbonyl (C=O) groups is 1. The molecule has 0 unspecified atom stereocenters. The molecule has 1 amide bonds. The van der Waals surface area contributed by atoms with Gasteiger partial charge < -0.3 is 16.2 Å². The molecule has 1 aromatic carbocycles. The van der Waals surface area contributed by atoms with Gasteiger partial charge in [-0.15, -0.1) is 0 Å². The molecule has 4 N–H and O–H groups in total. The van der Waals surface area contributed by atoms with Gasteiger partial charge in [0.1, 0.15) is 17.3 Å². The topological polar surface area (TPSA) is 96.2 Å². The van der Waals surface area contributed by atoms with Gasteiger partial charge in [0.2, 0.25) is 5.88 Å². The normalized spacial score (nSPS) is 10.6. The van der Waals surface area contributed by atoms with Gasteiger partial charge in [0.05, 0.1) is 11.3 Å². The van der Waals surface area contributed by atoms with E-state index in [1.165, 1.54) is 16.8 Å². The molecule has 6 nitrogen and oxygen atoms in total. The van der Waals surface area contributed by atoms with Gasteiger partial charge in [-0.2, -0.15) is 5.10 Å². The Balaban J connectivity index is 2.33. The SMILES string of the molecule is CCc1nn(C)c(Oc2ccc(C(N)=O)c(F)c2)c1N. The summed E-state index contributed by atoms with van der Waals surface area (Å²) in [6, 6.07) is 3.79. The largest absolute Gasteiger partial charge is 0.437 e. The van der Waals surface area contributed by atoms with Gasteiger partial charge in [-0.1, -0.05) is 6.92 Å². The number of nitrogens with zero attached hydrogens (tertiary/aromatic N) is 2. The first-order chi connectivity index (χ1) is 9.43. The molecule has 1 aromatic heterocycles. The standard InChI is InChI=1S/C13H15FN4O2/c1-3-10-11(15)13(18(2)17-10)20-7-4-5-8(12(16)19)9(14)6-7/h4-6H,3,15H2,1-2H3,(H2,16,19). The maximum atomic E-state index is 13.6.